The second-order valence-electron chi connectivity index (χ2n) is 7.18. The van der Waals surface area contributed by atoms with Crippen LogP contribution >= 0.6 is 0 Å². The number of rotatable bonds is 1. The van der Waals surface area contributed by atoms with E-state index in [1.807, 2.05) is 35.2 Å². The molecule has 2 aliphatic rings. The Balaban J connectivity index is 1.48. The van der Waals surface area contributed by atoms with Crippen LogP contribution in [-0.2, 0) is 6.42 Å². The first kappa shape index (κ1) is 15.2. The fourth-order valence-electron chi connectivity index (χ4n) is 4.58. The van der Waals surface area contributed by atoms with Gasteiger partial charge in [-0.05, 0) is 60.7 Å². The van der Waals surface area contributed by atoms with Gasteiger partial charge in [-0.15, -0.1) is 0 Å². The summed E-state index contributed by atoms with van der Waals surface area (Å²) in [5, 5.41) is 9.20. The van der Waals surface area contributed by atoms with Gasteiger partial charge in [0.05, 0.1) is 29.0 Å². The number of hydrogen-bond acceptors (Lipinski definition) is 3. The van der Waals surface area contributed by atoms with Crippen molar-refractivity contribution in [1.82, 2.24) is 14.9 Å². The van der Waals surface area contributed by atoms with E-state index in [0.29, 0.717) is 17.0 Å². The summed E-state index contributed by atoms with van der Waals surface area (Å²) in [6.07, 6.45) is 4.60. The monoisotopic (exact) mass is 342 g/mol. The van der Waals surface area contributed by atoms with Gasteiger partial charge in [0.2, 0.25) is 0 Å². The molecule has 1 amide bonds. The van der Waals surface area contributed by atoms with Gasteiger partial charge in [-0.1, -0.05) is 6.07 Å². The maximum absolute atomic E-state index is 13.2. The summed E-state index contributed by atoms with van der Waals surface area (Å²) >= 11 is 0. The third-order valence-corrected chi connectivity index (χ3v) is 5.81. The zero-order valence-corrected chi connectivity index (χ0v) is 14.3. The number of aromatic nitrogens is 2. The predicted molar refractivity (Wildman–Crippen MR) is 97.8 cm³/mol. The number of fused-ring (bicyclic) bond motifs is 4. The number of carbonyl (C=O) groups excluding carboxylic acids is 1. The molecule has 0 spiro atoms. The number of hydrogen-bond donors (Lipinski definition) is 1. The minimum atomic E-state index is 0.0875. The highest BCUT2D eigenvalue weighted by molar-refractivity contribution is 5.97. The molecule has 1 aliphatic heterocycles. The normalized spacial score (nSPS) is 21.3. The topological polar surface area (TPSA) is 72.8 Å². The van der Waals surface area contributed by atoms with Crippen molar-refractivity contribution >= 4 is 16.9 Å². The minimum absolute atomic E-state index is 0.0875. The van der Waals surface area contributed by atoms with E-state index < -0.39 is 0 Å². The van der Waals surface area contributed by atoms with E-state index in [0.717, 1.165) is 36.8 Å². The molecule has 0 saturated carbocycles. The Bertz CT molecular complexity index is 1060. The number of carbonyl (C=O) groups is 1. The Kier molecular flexibility index (Phi) is 3.32. The van der Waals surface area contributed by atoms with Crippen molar-refractivity contribution in [3.8, 4) is 6.07 Å². The second-order valence-corrected chi connectivity index (χ2v) is 7.18. The van der Waals surface area contributed by atoms with Crippen molar-refractivity contribution in [2.45, 2.75) is 31.2 Å². The van der Waals surface area contributed by atoms with Gasteiger partial charge in [-0.25, -0.2) is 4.98 Å². The summed E-state index contributed by atoms with van der Waals surface area (Å²) in [4.78, 5) is 22.6. The van der Waals surface area contributed by atoms with Gasteiger partial charge >= 0.3 is 0 Å². The lowest BCUT2D eigenvalue weighted by Gasteiger charge is -2.38. The quantitative estimate of drug-likeness (QED) is 0.737. The van der Waals surface area contributed by atoms with Crippen molar-refractivity contribution in [3.63, 3.8) is 0 Å². The average Bonchev–Trinajstić information content (AvgIpc) is 3.30. The van der Waals surface area contributed by atoms with Crippen LogP contribution in [0.25, 0.3) is 11.0 Å². The minimum Gasteiger partial charge on any atom is -0.345 e. The molecule has 2 atom stereocenters. The zero-order chi connectivity index (χ0) is 17.7. The van der Waals surface area contributed by atoms with Crippen LogP contribution in [0.2, 0.25) is 0 Å². The van der Waals surface area contributed by atoms with E-state index in [4.69, 9.17) is 0 Å². The first-order valence-corrected chi connectivity index (χ1v) is 9.01. The molecule has 5 heteroatoms. The predicted octanol–water partition coefficient (Wildman–Crippen LogP) is 3.38. The average molecular weight is 342 g/mol. The number of H-pyrrole nitrogens is 1. The van der Waals surface area contributed by atoms with Gasteiger partial charge in [0, 0.05) is 24.1 Å². The molecule has 2 heterocycles. The molecule has 2 unspecified atom stereocenters. The Morgan fingerprint density at radius 3 is 3.08 bits per heavy atom. The van der Waals surface area contributed by atoms with E-state index in [1.54, 1.807) is 6.33 Å². The van der Waals surface area contributed by atoms with Gasteiger partial charge in [-0.3, -0.25) is 4.79 Å². The third-order valence-electron chi connectivity index (χ3n) is 5.81. The Hall–Kier alpha value is -3.13. The first-order chi connectivity index (χ1) is 12.7. The number of nitrogens with zero attached hydrogens (tertiary/aromatic N) is 3. The van der Waals surface area contributed by atoms with Gasteiger partial charge in [-0.2, -0.15) is 5.26 Å². The first-order valence-electron chi connectivity index (χ1n) is 9.01. The summed E-state index contributed by atoms with van der Waals surface area (Å²) in [6, 6.07) is 14.0. The highest BCUT2D eigenvalue weighted by Gasteiger charge is 2.41. The van der Waals surface area contributed by atoms with E-state index in [2.05, 4.69) is 22.1 Å². The van der Waals surface area contributed by atoms with Crippen LogP contribution in [0.5, 0.6) is 0 Å². The number of aromatic amines is 1. The summed E-state index contributed by atoms with van der Waals surface area (Å²) in [5.41, 5.74) is 5.71. The number of nitrogens with one attached hydrogen (secondary N) is 1. The summed E-state index contributed by atoms with van der Waals surface area (Å²) in [6.45, 7) is 0.792. The number of benzene rings is 2. The number of piperidine rings is 1. The fourth-order valence-corrected chi connectivity index (χ4v) is 4.58. The lowest BCUT2D eigenvalue weighted by atomic mass is 9.88. The van der Waals surface area contributed by atoms with E-state index in [9.17, 15) is 10.1 Å². The molecule has 5 nitrogen and oxygen atoms in total. The maximum Gasteiger partial charge on any atom is 0.254 e. The zero-order valence-electron chi connectivity index (χ0n) is 14.3. The molecule has 1 aromatic heterocycles. The molecular weight excluding hydrogens is 324 g/mol. The molecule has 5 rings (SSSR count). The van der Waals surface area contributed by atoms with Crippen LogP contribution in [0.3, 0.4) is 0 Å². The highest BCUT2D eigenvalue weighted by atomic mass is 16.2. The largest absolute Gasteiger partial charge is 0.345 e. The Labute approximate surface area is 151 Å². The van der Waals surface area contributed by atoms with Crippen LogP contribution < -0.4 is 0 Å². The van der Waals surface area contributed by atoms with Crippen LogP contribution in [0, 0.1) is 11.3 Å². The molecular formula is C21H18N4O. The third kappa shape index (κ3) is 2.22. The Morgan fingerprint density at radius 1 is 1.27 bits per heavy atom. The molecule has 2 aromatic carbocycles. The number of likely N-dealkylation sites (tertiary alicyclic amines) is 1. The molecule has 1 N–H and O–H groups in total. The van der Waals surface area contributed by atoms with Crippen molar-refractivity contribution in [1.29, 1.82) is 5.26 Å². The van der Waals surface area contributed by atoms with Crippen molar-refractivity contribution < 1.29 is 4.79 Å². The Morgan fingerprint density at radius 2 is 2.19 bits per heavy atom. The SMILES string of the molecule is N#Cc1ccc2c(c1)C1CCCN(C(=O)c3ccc4nc[nH]c4c3)C1C2. The molecule has 3 aromatic rings. The highest BCUT2D eigenvalue weighted by Crippen LogP contribution is 2.42. The fraction of sp³-hybridized carbons (Fsp3) is 0.286. The van der Waals surface area contributed by atoms with Crippen molar-refractivity contribution in [3.05, 3.63) is 65.0 Å². The maximum atomic E-state index is 13.2. The van der Waals surface area contributed by atoms with Crippen molar-refractivity contribution in [2.75, 3.05) is 6.54 Å². The van der Waals surface area contributed by atoms with Crippen LogP contribution in [0.15, 0.2) is 42.7 Å². The summed E-state index contributed by atoms with van der Waals surface area (Å²) < 4.78 is 0. The van der Waals surface area contributed by atoms with Crippen LogP contribution in [0.4, 0.5) is 0 Å². The number of imidazole rings is 1. The van der Waals surface area contributed by atoms with Gasteiger partial charge in [0.15, 0.2) is 0 Å². The van der Waals surface area contributed by atoms with Gasteiger partial charge in [0.1, 0.15) is 0 Å². The summed E-state index contributed by atoms with van der Waals surface area (Å²) in [5.74, 6) is 0.427. The number of amides is 1. The van der Waals surface area contributed by atoms with E-state index >= 15 is 0 Å². The molecule has 128 valence electrons. The molecule has 26 heavy (non-hydrogen) atoms. The van der Waals surface area contributed by atoms with Crippen molar-refractivity contribution in [2.24, 2.45) is 0 Å². The van der Waals surface area contributed by atoms with Gasteiger partial charge in [0.25, 0.3) is 5.91 Å². The van der Waals surface area contributed by atoms with E-state index in [-0.39, 0.29) is 11.9 Å². The molecule has 1 fully saturated rings. The molecule has 0 radical (unpaired) electrons. The standard InChI is InChI=1S/C21H18N4O/c22-11-13-3-4-14-10-20-16(17(14)8-13)2-1-7-25(20)21(26)15-5-6-18-19(9-15)24-12-23-18/h3-6,8-9,12,16,20H,1-2,7,10H2,(H,23,24). The number of nitriles is 1. The van der Waals surface area contributed by atoms with Crippen LogP contribution in [0.1, 0.15) is 45.8 Å². The smallest absolute Gasteiger partial charge is 0.254 e. The van der Waals surface area contributed by atoms with Gasteiger partial charge < -0.3 is 9.88 Å². The van der Waals surface area contributed by atoms with E-state index in [1.165, 1.54) is 11.1 Å². The molecule has 1 saturated heterocycles. The summed E-state index contributed by atoms with van der Waals surface area (Å²) in [7, 11) is 0. The molecule has 0 bridgehead atoms. The lowest BCUT2D eigenvalue weighted by Crippen LogP contribution is -2.46. The van der Waals surface area contributed by atoms with Crippen LogP contribution in [-0.4, -0.2) is 33.4 Å². The lowest BCUT2D eigenvalue weighted by molar-refractivity contribution is 0.0595. The molecule has 1 aliphatic carbocycles. The second kappa shape index (κ2) is 5.70.